The number of ether oxygens (including phenoxy) is 1. The molecule has 1 aromatic rings. The van der Waals surface area contributed by atoms with Gasteiger partial charge in [-0.2, -0.15) is 18.3 Å². The Balaban J connectivity index is 1.93. The fourth-order valence-corrected chi connectivity index (χ4v) is 2.59. The topological polar surface area (TPSA) is 70.9 Å². The fraction of sp³-hybridized carbons (Fsp3) is 0.467. The molecule has 0 bridgehead atoms. The van der Waals surface area contributed by atoms with E-state index in [0.29, 0.717) is 17.7 Å². The van der Waals surface area contributed by atoms with Crippen LogP contribution in [0.4, 0.5) is 13.2 Å². The molecule has 1 aliphatic heterocycles. The summed E-state index contributed by atoms with van der Waals surface area (Å²) in [5, 5.41) is 13.1. The lowest BCUT2D eigenvalue weighted by molar-refractivity contribution is -0.139. The number of fused-ring (bicyclic) bond motifs is 1. The number of hydrazone groups is 1. The highest BCUT2D eigenvalue weighted by Crippen LogP contribution is 2.44. The SMILES string of the molecule is C[C@@H](O)COc1ccc(C2=NNC(=O)[C@H]3C[C@@H]23)cc1C(F)(F)F. The molecule has 1 fully saturated rings. The van der Waals surface area contributed by atoms with Crippen LogP contribution in [0.25, 0.3) is 0 Å². The zero-order valence-corrected chi connectivity index (χ0v) is 12.2. The maximum Gasteiger partial charge on any atom is 0.419 e. The van der Waals surface area contributed by atoms with Crippen LogP contribution in [0.2, 0.25) is 0 Å². The number of alkyl halides is 3. The number of nitrogens with zero attached hydrogens (tertiary/aromatic N) is 1. The van der Waals surface area contributed by atoms with Crippen LogP contribution in [-0.2, 0) is 11.0 Å². The first-order valence-electron chi connectivity index (χ1n) is 7.17. The van der Waals surface area contributed by atoms with Crippen LogP contribution in [0.1, 0.15) is 24.5 Å². The minimum atomic E-state index is -4.59. The van der Waals surface area contributed by atoms with Crippen molar-refractivity contribution in [1.29, 1.82) is 0 Å². The van der Waals surface area contributed by atoms with Crippen molar-refractivity contribution in [3.05, 3.63) is 29.3 Å². The number of rotatable bonds is 4. The highest BCUT2D eigenvalue weighted by molar-refractivity contribution is 6.09. The van der Waals surface area contributed by atoms with Gasteiger partial charge >= 0.3 is 6.18 Å². The molecule has 0 aromatic heterocycles. The second-order valence-corrected chi connectivity index (χ2v) is 5.79. The summed E-state index contributed by atoms with van der Waals surface area (Å²) in [6, 6.07) is 3.68. The second-order valence-electron chi connectivity index (χ2n) is 5.79. The van der Waals surface area contributed by atoms with Crippen LogP contribution >= 0.6 is 0 Å². The molecule has 3 atom stereocenters. The molecule has 0 spiro atoms. The predicted octanol–water partition coefficient (Wildman–Crippen LogP) is 1.93. The predicted molar refractivity (Wildman–Crippen MR) is 74.9 cm³/mol. The molecule has 23 heavy (non-hydrogen) atoms. The van der Waals surface area contributed by atoms with E-state index in [1.165, 1.54) is 19.1 Å². The van der Waals surface area contributed by atoms with E-state index in [4.69, 9.17) is 9.84 Å². The molecular formula is C15H15F3N2O3. The number of aliphatic hydroxyl groups is 1. The Kier molecular flexibility index (Phi) is 3.79. The van der Waals surface area contributed by atoms with Crippen molar-refractivity contribution in [1.82, 2.24) is 5.43 Å². The molecule has 1 aromatic carbocycles. The van der Waals surface area contributed by atoms with Crippen LogP contribution in [0, 0.1) is 11.8 Å². The minimum absolute atomic E-state index is 0.117. The summed E-state index contributed by atoms with van der Waals surface area (Å²) in [5.41, 5.74) is 2.19. The van der Waals surface area contributed by atoms with Gasteiger partial charge in [0.2, 0.25) is 5.91 Å². The van der Waals surface area contributed by atoms with Gasteiger partial charge in [-0.1, -0.05) is 0 Å². The lowest BCUT2D eigenvalue weighted by Crippen LogP contribution is -2.29. The number of amides is 1. The molecule has 1 amide bonds. The van der Waals surface area contributed by atoms with E-state index in [9.17, 15) is 18.0 Å². The van der Waals surface area contributed by atoms with E-state index in [1.54, 1.807) is 0 Å². The molecule has 0 unspecified atom stereocenters. The summed E-state index contributed by atoms with van der Waals surface area (Å²) in [4.78, 5) is 11.4. The van der Waals surface area contributed by atoms with Crippen molar-refractivity contribution in [2.75, 3.05) is 6.61 Å². The molecule has 8 heteroatoms. The Bertz CT molecular complexity index is 670. The number of nitrogens with one attached hydrogen (secondary N) is 1. The van der Waals surface area contributed by atoms with Gasteiger partial charge in [0.25, 0.3) is 0 Å². The highest BCUT2D eigenvalue weighted by Gasteiger charge is 2.49. The maximum absolute atomic E-state index is 13.2. The number of hydrogen-bond donors (Lipinski definition) is 2. The number of hydrogen-bond acceptors (Lipinski definition) is 4. The van der Waals surface area contributed by atoms with Crippen molar-refractivity contribution >= 4 is 11.6 Å². The van der Waals surface area contributed by atoms with E-state index < -0.39 is 17.8 Å². The molecule has 1 heterocycles. The van der Waals surface area contributed by atoms with Gasteiger partial charge in [0, 0.05) is 11.8 Å². The van der Waals surface area contributed by atoms with Gasteiger partial charge in [0.15, 0.2) is 0 Å². The summed E-state index contributed by atoms with van der Waals surface area (Å²) >= 11 is 0. The Morgan fingerprint density at radius 1 is 1.43 bits per heavy atom. The van der Waals surface area contributed by atoms with Crippen molar-refractivity contribution < 1.29 is 27.8 Å². The Hall–Kier alpha value is -2.09. The van der Waals surface area contributed by atoms with Gasteiger partial charge in [0.05, 0.1) is 17.4 Å². The maximum atomic E-state index is 13.2. The fourth-order valence-electron chi connectivity index (χ4n) is 2.59. The lowest BCUT2D eigenvalue weighted by Gasteiger charge is -2.18. The smallest absolute Gasteiger partial charge is 0.419 e. The third kappa shape index (κ3) is 3.17. The van der Waals surface area contributed by atoms with Gasteiger partial charge in [-0.25, -0.2) is 5.43 Å². The second kappa shape index (κ2) is 5.52. The molecule has 2 aliphatic rings. The molecule has 0 saturated heterocycles. The first-order chi connectivity index (χ1) is 10.8. The number of carbonyl (C=O) groups is 1. The number of benzene rings is 1. The Morgan fingerprint density at radius 3 is 2.83 bits per heavy atom. The Morgan fingerprint density at radius 2 is 2.17 bits per heavy atom. The van der Waals surface area contributed by atoms with E-state index >= 15 is 0 Å². The zero-order chi connectivity index (χ0) is 16.8. The van der Waals surface area contributed by atoms with E-state index in [1.807, 2.05) is 0 Å². The van der Waals surface area contributed by atoms with Crippen LogP contribution in [-0.4, -0.2) is 29.4 Å². The molecule has 5 nitrogen and oxygen atoms in total. The third-order valence-corrected chi connectivity index (χ3v) is 3.83. The highest BCUT2D eigenvalue weighted by atomic mass is 19.4. The molecule has 1 aliphatic carbocycles. The largest absolute Gasteiger partial charge is 0.490 e. The van der Waals surface area contributed by atoms with Gasteiger partial charge < -0.3 is 9.84 Å². The van der Waals surface area contributed by atoms with Crippen molar-refractivity contribution in [2.45, 2.75) is 25.6 Å². The van der Waals surface area contributed by atoms with E-state index in [-0.39, 0.29) is 30.1 Å². The first kappa shape index (κ1) is 15.8. The van der Waals surface area contributed by atoms with Crippen molar-refractivity contribution in [2.24, 2.45) is 16.9 Å². The summed E-state index contributed by atoms with van der Waals surface area (Å²) in [5.74, 6) is -0.835. The van der Waals surface area contributed by atoms with Crippen LogP contribution in [0.5, 0.6) is 5.75 Å². The minimum Gasteiger partial charge on any atom is -0.490 e. The molecule has 2 N–H and O–H groups in total. The molecule has 3 rings (SSSR count). The van der Waals surface area contributed by atoms with Gasteiger partial charge in [-0.15, -0.1) is 0 Å². The van der Waals surface area contributed by atoms with Crippen LogP contribution in [0.15, 0.2) is 23.3 Å². The average molecular weight is 328 g/mol. The summed E-state index contributed by atoms with van der Waals surface area (Å²) in [6.07, 6.45) is -4.86. The summed E-state index contributed by atoms with van der Waals surface area (Å²) in [7, 11) is 0. The molecular weight excluding hydrogens is 313 g/mol. The molecule has 0 radical (unpaired) electrons. The standard InChI is InChI=1S/C15H15F3N2O3/c1-7(21)6-23-12-3-2-8(4-11(12)15(16,17)18)13-9-5-10(9)14(22)20-19-13/h2-4,7,9-10,21H,5-6H2,1H3,(H,20,22)/t7-,9-,10+/m1/s1. The van der Waals surface area contributed by atoms with Crippen molar-refractivity contribution in [3.63, 3.8) is 0 Å². The lowest BCUT2D eigenvalue weighted by atomic mass is 10.0. The van der Waals surface area contributed by atoms with E-state index in [0.717, 1.165) is 6.07 Å². The monoisotopic (exact) mass is 328 g/mol. The van der Waals surface area contributed by atoms with Gasteiger partial charge in [-0.05, 0) is 37.1 Å². The number of halogens is 3. The molecule has 124 valence electrons. The molecule has 1 saturated carbocycles. The van der Waals surface area contributed by atoms with Gasteiger partial charge in [0.1, 0.15) is 12.4 Å². The van der Waals surface area contributed by atoms with Gasteiger partial charge in [-0.3, -0.25) is 4.79 Å². The Labute approximate surface area is 130 Å². The third-order valence-electron chi connectivity index (χ3n) is 3.83. The van der Waals surface area contributed by atoms with E-state index in [2.05, 4.69) is 10.5 Å². The van der Waals surface area contributed by atoms with Crippen LogP contribution < -0.4 is 10.2 Å². The summed E-state index contributed by atoms with van der Waals surface area (Å²) < 4.78 is 44.8. The number of aliphatic hydroxyl groups excluding tert-OH is 1. The number of carbonyl (C=O) groups excluding carboxylic acids is 1. The van der Waals surface area contributed by atoms with Crippen molar-refractivity contribution in [3.8, 4) is 5.75 Å². The normalized spacial score (nSPS) is 24.4. The zero-order valence-electron chi connectivity index (χ0n) is 12.2. The summed E-state index contributed by atoms with van der Waals surface area (Å²) in [6.45, 7) is 1.19. The average Bonchev–Trinajstić information content (AvgIpc) is 3.26. The van der Waals surface area contributed by atoms with Crippen LogP contribution in [0.3, 0.4) is 0 Å². The first-order valence-corrected chi connectivity index (χ1v) is 7.17. The quantitative estimate of drug-likeness (QED) is 0.887.